The fourth-order valence-electron chi connectivity index (χ4n) is 2.54. The summed E-state index contributed by atoms with van der Waals surface area (Å²) in [5.74, 6) is 3.22. The smallest absolute Gasteiger partial charge is 0.231 e. The number of halogens is 1. The van der Waals surface area contributed by atoms with Crippen molar-refractivity contribution in [2.75, 3.05) is 34.8 Å². The van der Waals surface area contributed by atoms with Gasteiger partial charge in [0, 0.05) is 30.3 Å². The second-order valence-corrected chi connectivity index (χ2v) is 6.43. The van der Waals surface area contributed by atoms with Crippen LogP contribution in [0.3, 0.4) is 0 Å². The summed E-state index contributed by atoms with van der Waals surface area (Å²) >= 11 is 1.95. The van der Waals surface area contributed by atoms with Crippen LogP contribution in [0.2, 0.25) is 0 Å². The van der Waals surface area contributed by atoms with Gasteiger partial charge < -0.3 is 15.2 Å². The molecule has 0 atom stereocenters. The van der Waals surface area contributed by atoms with Crippen LogP contribution in [0.5, 0.6) is 0 Å². The summed E-state index contributed by atoms with van der Waals surface area (Å²) in [4.78, 5) is 18.7. The number of fused-ring (bicyclic) bond motifs is 1. The minimum absolute atomic E-state index is 0.272. The number of hydrogen-bond donors (Lipinski definition) is 2. The Balaban J connectivity index is 1.70. The van der Waals surface area contributed by atoms with Crippen molar-refractivity contribution in [3.8, 4) is 0 Å². The van der Waals surface area contributed by atoms with Crippen LogP contribution in [-0.2, 0) is 0 Å². The van der Waals surface area contributed by atoms with Crippen LogP contribution in [0.25, 0.3) is 11.2 Å². The zero-order chi connectivity index (χ0) is 15.6. The highest BCUT2D eigenvalue weighted by Crippen LogP contribution is 2.26. The first-order valence-corrected chi connectivity index (χ1v) is 8.51. The van der Waals surface area contributed by atoms with Crippen LogP contribution < -0.4 is 10.2 Å². The van der Waals surface area contributed by atoms with Gasteiger partial charge in [-0.05, 0) is 24.3 Å². The molecule has 0 aliphatic carbocycles. The van der Waals surface area contributed by atoms with Gasteiger partial charge >= 0.3 is 0 Å². The molecule has 0 amide bonds. The fourth-order valence-corrected chi connectivity index (χ4v) is 3.44. The van der Waals surface area contributed by atoms with E-state index in [2.05, 4.69) is 30.2 Å². The van der Waals surface area contributed by atoms with Crippen LogP contribution in [0.1, 0.15) is 0 Å². The Morgan fingerprint density at radius 2 is 1.91 bits per heavy atom. The monoisotopic (exact) mass is 330 g/mol. The second kappa shape index (κ2) is 6.04. The first-order valence-electron chi connectivity index (χ1n) is 7.36. The average Bonchev–Trinajstić information content (AvgIpc) is 3.05. The zero-order valence-electron chi connectivity index (χ0n) is 12.3. The molecule has 3 heterocycles. The Hall–Kier alpha value is -2.35. The van der Waals surface area contributed by atoms with Crippen LogP contribution >= 0.6 is 11.8 Å². The van der Waals surface area contributed by atoms with Gasteiger partial charge in [-0.25, -0.2) is 9.37 Å². The first-order chi connectivity index (χ1) is 11.3. The number of anilines is 3. The van der Waals surface area contributed by atoms with Crippen molar-refractivity contribution in [3.05, 3.63) is 36.4 Å². The van der Waals surface area contributed by atoms with Crippen molar-refractivity contribution in [1.82, 2.24) is 19.9 Å². The molecule has 1 saturated heterocycles. The summed E-state index contributed by atoms with van der Waals surface area (Å²) in [6.45, 7) is 1.90. The van der Waals surface area contributed by atoms with Gasteiger partial charge in [-0.3, -0.25) is 0 Å². The molecule has 8 heteroatoms. The predicted molar refractivity (Wildman–Crippen MR) is 90.9 cm³/mol. The molecule has 1 fully saturated rings. The third-order valence-corrected chi connectivity index (χ3v) is 4.62. The number of aromatic nitrogens is 4. The van der Waals surface area contributed by atoms with Crippen molar-refractivity contribution < 1.29 is 4.39 Å². The maximum absolute atomic E-state index is 13.0. The molecule has 6 nitrogen and oxygen atoms in total. The summed E-state index contributed by atoms with van der Waals surface area (Å²) in [7, 11) is 0. The molecule has 2 N–H and O–H groups in total. The van der Waals surface area contributed by atoms with Crippen molar-refractivity contribution in [2.45, 2.75) is 0 Å². The Morgan fingerprint density at radius 3 is 2.70 bits per heavy atom. The number of H-pyrrole nitrogens is 1. The molecule has 3 aromatic rings. The molecule has 1 aromatic carbocycles. The van der Waals surface area contributed by atoms with Crippen LogP contribution in [0, 0.1) is 5.82 Å². The summed E-state index contributed by atoms with van der Waals surface area (Å²) in [6, 6.07) is 6.12. The normalized spacial score (nSPS) is 15.1. The number of nitrogens with one attached hydrogen (secondary N) is 2. The van der Waals surface area contributed by atoms with Crippen molar-refractivity contribution in [2.24, 2.45) is 0 Å². The zero-order valence-corrected chi connectivity index (χ0v) is 13.1. The van der Waals surface area contributed by atoms with Gasteiger partial charge in [-0.2, -0.15) is 21.7 Å². The summed E-state index contributed by atoms with van der Waals surface area (Å²) < 4.78 is 13.0. The molecule has 0 spiro atoms. The molecule has 118 valence electrons. The number of nitrogens with zero attached hydrogens (tertiary/aromatic N) is 4. The molecule has 0 radical (unpaired) electrons. The number of aromatic amines is 1. The number of hydrogen-bond acceptors (Lipinski definition) is 6. The topological polar surface area (TPSA) is 69.7 Å². The van der Waals surface area contributed by atoms with E-state index in [1.54, 1.807) is 18.5 Å². The van der Waals surface area contributed by atoms with Crippen LogP contribution in [0.4, 0.5) is 21.8 Å². The fraction of sp³-hybridized carbons (Fsp3) is 0.267. The van der Waals surface area contributed by atoms with Gasteiger partial charge in [0.15, 0.2) is 11.5 Å². The summed E-state index contributed by atoms with van der Waals surface area (Å²) in [5, 5.41) is 3.12. The molecular formula is C15H15FN6S. The van der Waals surface area contributed by atoms with E-state index >= 15 is 0 Å². The third kappa shape index (κ3) is 2.94. The molecule has 0 bridgehead atoms. The Labute approximate surface area is 136 Å². The molecule has 2 aromatic heterocycles. The van der Waals surface area contributed by atoms with Crippen LogP contribution in [0.15, 0.2) is 30.6 Å². The lowest BCUT2D eigenvalue weighted by Gasteiger charge is -2.27. The van der Waals surface area contributed by atoms with Gasteiger partial charge in [-0.15, -0.1) is 0 Å². The van der Waals surface area contributed by atoms with Gasteiger partial charge in [-0.1, -0.05) is 0 Å². The highest BCUT2D eigenvalue weighted by Gasteiger charge is 2.18. The molecule has 4 rings (SSSR count). The van der Waals surface area contributed by atoms with Gasteiger partial charge in [0.05, 0.1) is 6.33 Å². The largest absolute Gasteiger partial charge is 0.353 e. The quantitative estimate of drug-likeness (QED) is 0.769. The second-order valence-electron chi connectivity index (χ2n) is 5.20. The molecule has 0 unspecified atom stereocenters. The lowest BCUT2D eigenvalue weighted by Crippen LogP contribution is -2.33. The number of benzene rings is 1. The number of thioether (sulfide) groups is 1. The van der Waals surface area contributed by atoms with Gasteiger partial charge in [0.25, 0.3) is 0 Å². The molecule has 23 heavy (non-hydrogen) atoms. The van der Waals surface area contributed by atoms with E-state index in [0.29, 0.717) is 11.6 Å². The van der Waals surface area contributed by atoms with E-state index in [9.17, 15) is 4.39 Å². The Morgan fingerprint density at radius 1 is 1.13 bits per heavy atom. The Bertz CT molecular complexity index is 812. The van der Waals surface area contributed by atoms with E-state index in [0.717, 1.165) is 41.6 Å². The standard InChI is InChI=1S/C15H15FN6S/c16-10-1-3-11(4-2-10)19-15-20-13-12(17-9-18-13)14(21-15)22-5-7-23-8-6-22/h1-4,9H,5-8H2,(H2,17,18,19,20,21). The maximum Gasteiger partial charge on any atom is 0.231 e. The lowest BCUT2D eigenvalue weighted by atomic mass is 10.3. The van der Waals surface area contributed by atoms with Crippen molar-refractivity contribution in [1.29, 1.82) is 0 Å². The predicted octanol–water partition coefficient (Wildman–Crippen LogP) is 2.79. The highest BCUT2D eigenvalue weighted by molar-refractivity contribution is 7.99. The highest BCUT2D eigenvalue weighted by atomic mass is 32.2. The number of imidazole rings is 1. The molecule has 1 aliphatic heterocycles. The Kier molecular flexibility index (Phi) is 3.74. The molecular weight excluding hydrogens is 315 g/mol. The lowest BCUT2D eigenvalue weighted by molar-refractivity contribution is 0.628. The van der Waals surface area contributed by atoms with E-state index in [1.165, 1.54) is 12.1 Å². The summed E-state index contributed by atoms with van der Waals surface area (Å²) in [6.07, 6.45) is 1.63. The SMILES string of the molecule is Fc1ccc(Nc2nc(N3CCSCC3)c3[nH]cnc3n2)cc1. The van der Waals surface area contributed by atoms with Crippen molar-refractivity contribution >= 4 is 40.4 Å². The van der Waals surface area contributed by atoms with E-state index in [1.807, 2.05) is 11.8 Å². The third-order valence-electron chi connectivity index (χ3n) is 3.68. The minimum Gasteiger partial charge on any atom is -0.353 e. The molecule has 0 saturated carbocycles. The van der Waals surface area contributed by atoms with Gasteiger partial charge in [0.2, 0.25) is 5.95 Å². The van der Waals surface area contributed by atoms with Crippen LogP contribution in [-0.4, -0.2) is 44.5 Å². The van der Waals surface area contributed by atoms with E-state index < -0.39 is 0 Å². The number of rotatable bonds is 3. The van der Waals surface area contributed by atoms with Gasteiger partial charge in [0.1, 0.15) is 11.3 Å². The first kappa shape index (κ1) is 14.3. The maximum atomic E-state index is 13.0. The molecule has 1 aliphatic rings. The van der Waals surface area contributed by atoms with E-state index in [-0.39, 0.29) is 5.82 Å². The summed E-state index contributed by atoms with van der Waals surface area (Å²) in [5.41, 5.74) is 2.21. The average molecular weight is 330 g/mol. The van der Waals surface area contributed by atoms with E-state index in [4.69, 9.17) is 0 Å². The minimum atomic E-state index is -0.272. The van der Waals surface area contributed by atoms with Crippen molar-refractivity contribution in [3.63, 3.8) is 0 Å².